The maximum Gasteiger partial charge on any atom is 0.336 e. The number of benzene rings is 1. The molecular formula is C13H13ClO4. The van der Waals surface area contributed by atoms with E-state index in [-0.39, 0.29) is 5.88 Å². The Kier molecular flexibility index (Phi) is 4.23. The quantitative estimate of drug-likeness (QED) is 0.667. The van der Waals surface area contributed by atoms with E-state index in [9.17, 15) is 9.90 Å². The summed E-state index contributed by atoms with van der Waals surface area (Å²) in [6.07, 6.45) is -0.106. The molecule has 0 bridgehead atoms. The van der Waals surface area contributed by atoms with E-state index in [1.807, 2.05) is 6.07 Å². The van der Waals surface area contributed by atoms with Crippen LogP contribution in [0.1, 0.15) is 6.42 Å². The van der Waals surface area contributed by atoms with Crippen LogP contribution in [0.25, 0.3) is 11.0 Å². The summed E-state index contributed by atoms with van der Waals surface area (Å²) < 4.78 is 10.5. The van der Waals surface area contributed by atoms with Crippen LogP contribution in [0, 0.1) is 0 Å². The zero-order chi connectivity index (χ0) is 13.0. The lowest BCUT2D eigenvalue weighted by molar-refractivity contribution is 0.158. The van der Waals surface area contributed by atoms with Crippen LogP contribution < -0.4 is 10.4 Å². The maximum absolute atomic E-state index is 11.1. The van der Waals surface area contributed by atoms with Crippen LogP contribution in [0.2, 0.25) is 0 Å². The Morgan fingerprint density at radius 3 is 2.89 bits per heavy atom. The van der Waals surface area contributed by atoms with Crippen molar-refractivity contribution in [2.45, 2.75) is 12.5 Å². The van der Waals surface area contributed by atoms with Gasteiger partial charge in [-0.15, -0.1) is 11.6 Å². The van der Waals surface area contributed by atoms with E-state index in [2.05, 4.69) is 0 Å². The molecule has 1 aromatic carbocycles. The Morgan fingerprint density at radius 1 is 1.33 bits per heavy atom. The fourth-order valence-corrected chi connectivity index (χ4v) is 1.68. The first-order chi connectivity index (χ1) is 8.69. The molecule has 1 N–H and O–H groups in total. The molecule has 0 aliphatic rings. The molecule has 2 aromatic rings. The molecule has 0 spiro atoms. The molecule has 0 aliphatic carbocycles. The Morgan fingerprint density at radius 2 is 2.11 bits per heavy atom. The van der Waals surface area contributed by atoms with E-state index in [1.165, 1.54) is 6.07 Å². The van der Waals surface area contributed by atoms with Gasteiger partial charge >= 0.3 is 5.63 Å². The predicted molar refractivity (Wildman–Crippen MR) is 69.3 cm³/mol. The molecule has 2 rings (SSSR count). The lowest BCUT2D eigenvalue weighted by atomic mass is 10.2. The van der Waals surface area contributed by atoms with E-state index in [1.54, 1.807) is 18.2 Å². The summed E-state index contributed by atoms with van der Waals surface area (Å²) in [6, 6.07) is 8.33. The van der Waals surface area contributed by atoms with Crippen molar-refractivity contribution in [1.82, 2.24) is 0 Å². The van der Waals surface area contributed by atoms with E-state index >= 15 is 0 Å². The fourth-order valence-electron chi connectivity index (χ4n) is 1.52. The third kappa shape index (κ3) is 3.24. The summed E-state index contributed by atoms with van der Waals surface area (Å²) in [6.45, 7) is 0.358. The van der Waals surface area contributed by atoms with Crippen molar-refractivity contribution in [3.05, 3.63) is 40.8 Å². The minimum Gasteiger partial charge on any atom is -0.493 e. The van der Waals surface area contributed by atoms with Crippen molar-refractivity contribution in [2.75, 3.05) is 12.5 Å². The second-order valence-electron chi connectivity index (χ2n) is 3.90. The zero-order valence-corrected chi connectivity index (χ0v) is 10.4. The molecule has 0 unspecified atom stereocenters. The monoisotopic (exact) mass is 268 g/mol. The molecule has 5 heteroatoms. The van der Waals surface area contributed by atoms with Gasteiger partial charge in [0.25, 0.3) is 0 Å². The molecule has 0 amide bonds. The first-order valence-corrected chi connectivity index (χ1v) is 6.13. The number of aliphatic hydroxyl groups excluding tert-OH is 1. The summed E-state index contributed by atoms with van der Waals surface area (Å²) in [5.74, 6) is 0.786. The number of fused-ring (bicyclic) bond motifs is 1. The summed E-state index contributed by atoms with van der Waals surface area (Å²) in [5, 5.41) is 10.1. The van der Waals surface area contributed by atoms with Gasteiger partial charge in [0.05, 0.1) is 12.7 Å². The third-order valence-corrected chi connectivity index (χ3v) is 2.85. The number of alkyl halides is 1. The second kappa shape index (κ2) is 5.89. The molecule has 0 saturated carbocycles. The molecule has 0 fully saturated rings. The Balaban J connectivity index is 2.07. The number of hydrogen-bond acceptors (Lipinski definition) is 4. The number of ether oxygens (including phenoxy) is 1. The first kappa shape index (κ1) is 12.9. The van der Waals surface area contributed by atoms with Crippen LogP contribution in [-0.2, 0) is 0 Å². The van der Waals surface area contributed by atoms with Gasteiger partial charge in [0, 0.05) is 29.8 Å². The predicted octanol–water partition coefficient (Wildman–Crippen LogP) is 2.16. The molecule has 1 heterocycles. The molecule has 1 aromatic heterocycles. The minimum absolute atomic E-state index is 0.190. The average Bonchev–Trinajstić information content (AvgIpc) is 2.38. The van der Waals surface area contributed by atoms with Gasteiger partial charge in [0.1, 0.15) is 11.3 Å². The third-order valence-electron chi connectivity index (χ3n) is 2.49. The van der Waals surface area contributed by atoms with Gasteiger partial charge in [0.2, 0.25) is 0 Å². The van der Waals surface area contributed by atoms with E-state index < -0.39 is 11.7 Å². The Bertz CT molecular complexity index is 578. The summed E-state index contributed by atoms with van der Waals surface area (Å²) >= 11 is 5.47. The van der Waals surface area contributed by atoms with Crippen molar-refractivity contribution < 1.29 is 14.3 Å². The molecule has 0 aliphatic heterocycles. The summed E-state index contributed by atoms with van der Waals surface area (Å²) in [5.41, 5.74) is 0.0927. The van der Waals surface area contributed by atoms with Crippen LogP contribution in [0.3, 0.4) is 0 Å². The number of aliphatic hydroxyl groups is 1. The molecule has 0 radical (unpaired) electrons. The van der Waals surface area contributed by atoms with Crippen LogP contribution in [0.4, 0.5) is 0 Å². The molecule has 96 valence electrons. The summed E-state index contributed by atoms with van der Waals surface area (Å²) in [4.78, 5) is 11.1. The van der Waals surface area contributed by atoms with Gasteiger partial charge in [-0.2, -0.15) is 0 Å². The van der Waals surface area contributed by atoms with Crippen molar-refractivity contribution >= 4 is 22.6 Å². The van der Waals surface area contributed by atoms with Crippen molar-refractivity contribution in [1.29, 1.82) is 0 Å². The normalized spacial score (nSPS) is 12.6. The number of halogens is 1. The largest absolute Gasteiger partial charge is 0.493 e. The van der Waals surface area contributed by atoms with Gasteiger partial charge in [-0.1, -0.05) is 0 Å². The van der Waals surface area contributed by atoms with Crippen molar-refractivity contribution in [3.63, 3.8) is 0 Å². The molecule has 0 saturated heterocycles. The van der Waals surface area contributed by atoms with Crippen LogP contribution in [-0.4, -0.2) is 23.7 Å². The fraction of sp³-hybridized carbons (Fsp3) is 0.308. The van der Waals surface area contributed by atoms with E-state index in [4.69, 9.17) is 20.8 Å². The second-order valence-corrected chi connectivity index (χ2v) is 4.21. The van der Waals surface area contributed by atoms with Crippen LogP contribution in [0.15, 0.2) is 39.5 Å². The van der Waals surface area contributed by atoms with E-state index in [0.29, 0.717) is 24.4 Å². The first-order valence-electron chi connectivity index (χ1n) is 5.60. The topological polar surface area (TPSA) is 59.7 Å². The SMILES string of the molecule is O=c1ccc2ccc(OCC[C@@H](O)CCl)cc2o1. The average molecular weight is 269 g/mol. The number of hydrogen-bond donors (Lipinski definition) is 1. The molecular weight excluding hydrogens is 256 g/mol. The highest BCUT2D eigenvalue weighted by molar-refractivity contribution is 6.18. The van der Waals surface area contributed by atoms with E-state index in [0.717, 1.165) is 5.39 Å². The number of rotatable bonds is 5. The molecule has 4 nitrogen and oxygen atoms in total. The smallest absolute Gasteiger partial charge is 0.336 e. The van der Waals surface area contributed by atoms with Gasteiger partial charge in [-0.25, -0.2) is 4.79 Å². The van der Waals surface area contributed by atoms with Crippen molar-refractivity contribution in [2.24, 2.45) is 0 Å². The highest BCUT2D eigenvalue weighted by Gasteiger charge is 2.03. The highest BCUT2D eigenvalue weighted by atomic mass is 35.5. The van der Waals surface area contributed by atoms with Crippen LogP contribution >= 0.6 is 11.6 Å². The zero-order valence-electron chi connectivity index (χ0n) is 9.64. The lowest BCUT2D eigenvalue weighted by Crippen LogP contribution is -2.13. The maximum atomic E-state index is 11.1. The molecule has 18 heavy (non-hydrogen) atoms. The Hall–Kier alpha value is -1.52. The summed E-state index contributed by atoms with van der Waals surface area (Å²) in [7, 11) is 0. The van der Waals surface area contributed by atoms with Gasteiger partial charge in [-0.05, 0) is 18.2 Å². The lowest BCUT2D eigenvalue weighted by Gasteiger charge is -2.09. The van der Waals surface area contributed by atoms with Gasteiger partial charge in [0.15, 0.2) is 0 Å². The van der Waals surface area contributed by atoms with Crippen LogP contribution in [0.5, 0.6) is 5.75 Å². The standard InChI is InChI=1S/C13H13ClO4/c14-8-10(15)5-6-17-11-3-1-9-2-4-13(16)18-12(9)7-11/h1-4,7,10,15H,5-6,8H2/t10-/m1/s1. The van der Waals surface area contributed by atoms with Gasteiger partial charge in [-0.3, -0.25) is 0 Å². The Labute approximate surface area is 109 Å². The minimum atomic E-state index is -0.565. The molecule has 1 atom stereocenters. The van der Waals surface area contributed by atoms with Crippen molar-refractivity contribution in [3.8, 4) is 5.75 Å². The highest BCUT2D eigenvalue weighted by Crippen LogP contribution is 2.19. The van der Waals surface area contributed by atoms with Gasteiger partial charge < -0.3 is 14.3 Å².